The lowest BCUT2D eigenvalue weighted by Crippen LogP contribution is -2.32. The van der Waals surface area contributed by atoms with E-state index in [0.717, 1.165) is 12.1 Å². The first-order valence-electron chi connectivity index (χ1n) is 6.15. The van der Waals surface area contributed by atoms with Crippen LogP contribution in [-0.4, -0.2) is 37.5 Å². The van der Waals surface area contributed by atoms with Crippen LogP contribution in [0.1, 0.15) is 12.0 Å². The predicted octanol–water partition coefficient (Wildman–Crippen LogP) is 1.46. The second-order valence-electron chi connectivity index (χ2n) is 4.24. The van der Waals surface area contributed by atoms with Crippen molar-refractivity contribution in [3.05, 3.63) is 29.3 Å². The summed E-state index contributed by atoms with van der Waals surface area (Å²) in [5.41, 5.74) is -0.539. The Labute approximate surface area is 121 Å². The van der Waals surface area contributed by atoms with Gasteiger partial charge in [-0.05, 0) is 18.6 Å². The van der Waals surface area contributed by atoms with Gasteiger partial charge in [-0.15, -0.1) is 6.42 Å². The summed E-state index contributed by atoms with van der Waals surface area (Å²) in [6.07, 6.45) is 4.57. The lowest BCUT2D eigenvalue weighted by atomic mass is 10.2. The average molecular weight is 298 g/mol. The van der Waals surface area contributed by atoms with E-state index in [1.807, 2.05) is 0 Å². The minimum absolute atomic E-state index is 0.0404. The Bertz CT molecular complexity index is 521. The summed E-state index contributed by atoms with van der Waals surface area (Å²) in [6, 6.07) is 1.10. The fraction of sp³-hybridized carbons (Fsp3) is 0.357. The fourth-order valence-corrected chi connectivity index (χ4v) is 1.56. The van der Waals surface area contributed by atoms with Crippen molar-refractivity contribution in [2.75, 3.05) is 25.6 Å². The number of urea groups is 1. The third kappa shape index (κ3) is 5.38. The van der Waals surface area contributed by atoms with E-state index in [1.54, 1.807) is 0 Å². The van der Waals surface area contributed by atoms with Crippen molar-refractivity contribution in [2.24, 2.45) is 0 Å². The van der Waals surface area contributed by atoms with Gasteiger partial charge in [-0.1, -0.05) is 5.92 Å². The summed E-state index contributed by atoms with van der Waals surface area (Å²) in [7, 11) is 1.44. The maximum Gasteiger partial charge on any atom is 0.319 e. The highest BCUT2D eigenvalue weighted by Gasteiger charge is 2.13. The Morgan fingerprint density at radius 1 is 1.48 bits per heavy atom. The van der Waals surface area contributed by atoms with E-state index in [1.165, 1.54) is 7.11 Å². The van der Waals surface area contributed by atoms with Crippen LogP contribution in [-0.2, 0) is 4.74 Å². The number of nitrogens with one attached hydrogen (secondary N) is 2. The third-order valence-electron chi connectivity index (χ3n) is 2.57. The molecule has 0 spiro atoms. The number of aliphatic hydroxyl groups excluding tert-OH is 1. The normalized spacial score (nSPS) is 11.6. The largest absolute Gasteiger partial charge is 0.391 e. The molecule has 0 aliphatic rings. The first-order chi connectivity index (χ1) is 9.97. The fourth-order valence-electron chi connectivity index (χ4n) is 1.56. The number of halogens is 2. The van der Waals surface area contributed by atoms with Gasteiger partial charge in [0.05, 0.1) is 12.7 Å². The zero-order valence-electron chi connectivity index (χ0n) is 11.5. The van der Waals surface area contributed by atoms with Crippen LogP contribution >= 0.6 is 0 Å². The highest BCUT2D eigenvalue weighted by molar-refractivity contribution is 5.89. The molecular formula is C14H16F2N2O3. The Morgan fingerprint density at radius 3 is 2.62 bits per heavy atom. The molecule has 0 fully saturated rings. The number of benzene rings is 1. The van der Waals surface area contributed by atoms with E-state index < -0.39 is 29.5 Å². The predicted molar refractivity (Wildman–Crippen MR) is 73.8 cm³/mol. The van der Waals surface area contributed by atoms with E-state index in [-0.39, 0.29) is 25.1 Å². The van der Waals surface area contributed by atoms with E-state index in [9.17, 15) is 18.7 Å². The Balaban J connectivity index is 2.54. The number of ether oxygens (including phenoxy) is 1. The van der Waals surface area contributed by atoms with Crippen LogP contribution in [0.15, 0.2) is 12.1 Å². The first kappa shape index (κ1) is 16.9. The topological polar surface area (TPSA) is 70.6 Å². The van der Waals surface area contributed by atoms with Gasteiger partial charge in [0.1, 0.15) is 5.69 Å². The van der Waals surface area contributed by atoms with Crippen molar-refractivity contribution in [2.45, 2.75) is 12.5 Å². The van der Waals surface area contributed by atoms with E-state index in [2.05, 4.69) is 16.6 Å². The molecule has 0 aliphatic heterocycles. The minimum atomic E-state index is -0.961. The molecule has 21 heavy (non-hydrogen) atoms. The maximum atomic E-state index is 13.6. The van der Waals surface area contributed by atoms with Crippen molar-refractivity contribution >= 4 is 11.7 Å². The number of hydrogen-bond acceptors (Lipinski definition) is 3. The van der Waals surface area contributed by atoms with E-state index >= 15 is 0 Å². The van der Waals surface area contributed by atoms with Crippen molar-refractivity contribution < 1.29 is 23.4 Å². The van der Waals surface area contributed by atoms with Crippen LogP contribution in [0, 0.1) is 24.0 Å². The van der Waals surface area contributed by atoms with E-state index in [4.69, 9.17) is 11.2 Å². The lowest BCUT2D eigenvalue weighted by molar-refractivity contribution is 0.0599. The quantitative estimate of drug-likeness (QED) is 0.696. The highest BCUT2D eigenvalue weighted by atomic mass is 19.1. The van der Waals surface area contributed by atoms with Crippen molar-refractivity contribution in [3.8, 4) is 12.3 Å². The van der Waals surface area contributed by atoms with Gasteiger partial charge in [0, 0.05) is 19.2 Å². The summed E-state index contributed by atoms with van der Waals surface area (Å²) in [5.74, 6) is 0.179. The van der Waals surface area contributed by atoms with Crippen molar-refractivity contribution in [3.63, 3.8) is 0 Å². The van der Waals surface area contributed by atoms with Crippen LogP contribution in [0.4, 0.5) is 19.3 Å². The summed E-state index contributed by atoms with van der Waals surface area (Å²) < 4.78 is 31.9. The Morgan fingerprint density at radius 2 is 2.10 bits per heavy atom. The SMILES string of the molecule is C#Cc1cc(F)c(NC(=O)NCCC(O)COC)c(F)c1. The number of carbonyl (C=O) groups is 1. The molecule has 2 amide bonds. The number of amides is 2. The van der Waals surface area contributed by atoms with Gasteiger partial charge in [-0.25, -0.2) is 13.6 Å². The molecule has 0 aliphatic carbocycles. The van der Waals surface area contributed by atoms with Crippen LogP contribution in [0.25, 0.3) is 0 Å². The second kappa shape index (κ2) is 8.19. The number of methoxy groups -OCH3 is 1. The molecule has 1 aromatic rings. The molecule has 3 N–H and O–H groups in total. The monoisotopic (exact) mass is 298 g/mol. The van der Waals surface area contributed by atoms with Crippen LogP contribution in [0.5, 0.6) is 0 Å². The van der Waals surface area contributed by atoms with Gasteiger partial charge in [-0.3, -0.25) is 0 Å². The molecule has 0 aromatic heterocycles. The number of rotatable bonds is 6. The summed E-state index contributed by atoms with van der Waals surface area (Å²) in [4.78, 5) is 11.5. The van der Waals surface area contributed by atoms with Crippen molar-refractivity contribution in [1.29, 1.82) is 0 Å². The zero-order chi connectivity index (χ0) is 15.8. The summed E-state index contributed by atoms with van der Waals surface area (Å²) >= 11 is 0. The van der Waals surface area contributed by atoms with Crippen molar-refractivity contribution in [1.82, 2.24) is 5.32 Å². The average Bonchev–Trinajstić information content (AvgIpc) is 2.42. The molecule has 1 aromatic carbocycles. The molecule has 0 bridgehead atoms. The van der Waals surface area contributed by atoms with E-state index in [0.29, 0.717) is 0 Å². The molecule has 0 saturated carbocycles. The number of hydrogen-bond donors (Lipinski definition) is 3. The van der Waals surface area contributed by atoms with Crippen LogP contribution in [0.3, 0.4) is 0 Å². The third-order valence-corrected chi connectivity index (χ3v) is 2.57. The molecule has 1 atom stereocenters. The summed E-state index contributed by atoms with van der Waals surface area (Å²) in [5, 5.41) is 13.8. The lowest BCUT2D eigenvalue weighted by Gasteiger charge is -2.12. The Hall–Kier alpha value is -2.17. The van der Waals surface area contributed by atoms with Gasteiger partial charge >= 0.3 is 6.03 Å². The van der Waals surface area contributed by atoms with Gasteiger partial charge in [-0.2, -0.15) is 0 Å². The van der Waals surface area contributed by atoms with Crippen LogP contribution < -0.4 is 10.6 Å². The van der Waals surface area contributed by atoms with Gasteiger partial charge in [0.15, 0.2) is 11.6 Å². The highest BCUT2D eigenvalue weighted by Crippen LogP contribution is 2.20. The Kier molecular flexibility index (Phi) is 6.59. The smallest absolute Gasteiger partial charge is 0.319 e. The second-order valence-corrected chi connectivity index (χ2v) is 4.24. The maximum absolute atomic E-state index is 13.6. The molecule has 114 valence electrons. The number of anilines is 1. The molecular weight excluding hydrogens is 282 g/mol. The van der Waals surface area contributed by atoms with Crippen LogP contribution in [0.2, 0.25) is 0 Å². The number of aliphatic hydroxyl groups is 1. The minimum Gasteiger partial charge on any atom is -0.391 e. The molecule has 0 radical (unpaired) electrons. The standard InChI is InChI=1S/C14H16F2N2O3/c1-3-9-6-11(15)13(12(16)7-9)18-14(20)17-5-4-10(19)8-21-2/h1,6-7,10,19H,4-5,8H2,2H3,(H2,17,18,20). The van der Waals surface area contributed by atoms with Gasteiger partial charge in [0.25, 0.3) is 0 Å². The number of carbonyl (C=O) groups excluding carboxylic acids is 1. The summed E-state index contributed by atoms with van der Waals surface area (Å²) in [6.45, 7) is 0.266. The molecule has 0 heterocycles. The molecule has 1 rings (SSSR count). The molecule has 5 nitrogen and oxygen atoms in total. The van der Waals surface area contributed by atoms with Gasteiger partial charge in [0.2, 0.25) is 0 Å². The molecule has 0 saturated heterocycles. The first-order valence-corrected chi connectivity index (χ1v) is 6.15. The molecule has 7 heteroatoms. The number of terminal acetylenes is 1. The molecule has 1 unspecified atom stereocenters. The zero-order valence-corrected chi connectivity index (χ0v) is 11.5. The van der Waals surface area contributed by atoms with Gasteiger partial charge < -0.3 is 20.5 Å².